The number of pyridine rings is 1. The van der Waals surface area contributed by atoms with Gasteiger partial charge < -0.3 is 0 Å². The van der Waals surface area contributed by atoms with Crippen LogP contribution in [0.5, 0.6) is 0 Å². The summed E-state index contributed by atoms with van der Waals surface area (Å²) >= 11 is 0. The summed E-state index contributed by atoms with van der Waals surface area (Å²) in [6, 6.07) is 0. The number of hydrogen-bond donors (Lipinski definition) is 1. The third-order valence-corrected chi connectivity index (χ3v) is 3.28. The minimum absolute atomic E-state index is 0.0323. The maximum atomic E-state index is 12.6. The second-order valence-corrected chi connectivity index (χ2v) is 4.81. The van der Waals surface area contributed by atoms with Gasteiger partial charge in [0.1, 0.15) is 5.83 Å². The maximum absolute atomic E-state index is 12.6. The van der Waals surface area contributed by atoms with E-state index >= 15 is 0 Å². The van der Waals surface area contributed by atoms with Gasteiger partial charge in [0.2, 0.25) is 0 Å². The molecule has 2 aromatic rings. The Bertz CT molecular complexity index is 866. The smallest absolute Gasteiger partial charge is 0.263 e. The van der Waals surface area contributed by atoms with Crippen molar-refractivity contribution in [3.05, 3.63) is 60.2 Å². The highest BCUT2D eigenvalue weighted by molar-refractivity contribution is 6.25. The van der Waals surface area contributed by atoms with Crippen LogP contribution in [-0.4, -0.2) is 38.4 Å². The Morgan fingerprint density at radius 3 is 2.77 bits per heavy atom. The minimum Gasteiger partial charge on any atom is -0.270 e. The molecule has 2 aromatic heterocycles. The molecule has 7 heteroatoms. The van der Waals surface area contributed by atoms with E-state index in [-0.39, 0.29) is 17.7 Å². The standard InChI is InChI=1S/C15H11FN4O2/c1-8(3-4-9(2)16)7-20-14(21)11-5-17-13-10(6-18-19-13)12(11)15(20)22/h3-6H,1-2,7H2,(H,17,18,19)/b4-3-. The molecule has 3 heterocycles. The average Bonchev–Trinajstić information content (AvgIpc) is 3.04. The number of allylic oxidation sites excluding steroid dienone is 2. The van der Waals surface area contributed by atoms with Crippen molar-refractivity contribution in [3.63, 3.8) is 0 Å². The number of amides is 2. The normalized spacial score (nSPS) is 14.1. The number of carbonyl (C=O) groups is 2. The molecule has 3 rings (SSSR count). The highest BCUT2D eigenvalue weighted by atomic mass is 19.1. The Labute approximate surface area is 124 Å². The molecule has 0 spiro atoms. The van der Waals surface area contributed by atoms with Crippen LogP contribution >= 0.6 is 0 Å². The average molecular weight is 298 g/mol. The lowest BCUT2D eigenvalue weighted by atomic mass is 10.1. The zero-order valence-corrected chi connectivity index (χ0v) is 11.5. The van der Waals surface area contributed by atoms with Crippen molar-refractivity contribution >= 4 is 22.8 Å². The number of nitrogens with zero attached hydrogens (tertiary/aromatic N) is 3. The first-order valence-electron chi connectivity index (χ1n) is 6.37. The van der Waals surface area contributed by atoms with Gasteiger partial charge in [-0.25, -0.2) is 9.37 Å². The predicted octanol–water partition coefficient (Wildman–Crippen LogP) is 2.15. The zero-order valence-electron chi connectivity index (χ0n) is 11.5. The largest absolute Gasteiger partial charge is 0.270 e. The van der Waals surface area contributed by atoms with Gasteiger partial charge in [-0.1, -0.05) is 19.2 Å². The Balaban J connectivity index is 1.93. The van der Waals surface area contributed by atoms with Gasteiger partial charge >= 0.3 is 0 Å². The van der Waals surface area contributed by atoms with Crippen molar-refractivity contribution in [1.82, 2.24) is 20.1 Å². The molecule has 1 aliphatic heterocycles. The number of imide groups is 1. The monoisotopic (exact) mass is 298 g/mol. The molecular weight excluding hydrogens is 287 g/mol. The predicted molar refractivity (Wildman–Crippen MR) is 77.8 cm³/mol. The molecule has 1 N–H and O–H groups in total. The van der Waals surface area contributed by atoms with Gasteiger partial charge in [0.25, 0.3) is 11.8 Å². The lowest BCUT2D eigenvalue weighted by molar-refractivity contribution is 0.0670. The number of halogens is 1. The zero-order chi connectivity index (χ0) is 15.9. The molecule has 22 heavy (non-hydrogen) atoms. The van der Waals surface area contributed by atoms with Crippen molar-refractivity contribution in [1.29, 1.82) is 0 Å². The Kier molecular flexibility index (Phi) is 3.17. The van der Waals surface area contributed by atoms with Crippen LogP contribution in [0.25, 0.3) is 11.0 Å². The fourth-order valence-electron chi connectivity index (χ4n) is 2.27. The van der Waals surface area contributed by atoms with E-state index in [9.17, 15) is 14.0 Å². The summed E-state index contributed by atoms with van der Waals surface area (Å²) in [5.41, 5.74) is 1.35. The summed E-state index contributed by atoms with van der Waals surface area (Å²) in [5, 5.41) is 6.97. The number of aromatic amines is 1. The number of rotatable bonds is 4. The minimum atomic E-state index is -0.632. The van der Waals surface area contributed by atoms with Crippen molar-refractivity contribution in [2.24, 2.45) is 0 Å². The number of H-pyrrole nitrogens is 1. The van der Waals surface area contributed by atoms with Crippen LogP contribution in [0, 0.1) is 0 Å². The second kappa shape index (κ2) is 5.03. The van der Waals surface area contributed by atoms with E-state index in [0.29, 0.717) is 16.6 Å². The van der Waals surface area contributed by atoms with E-state index in [0.717, 1.165) is 11.0 Å². The van der Waals surface area contributed by atoms with Gasteiger partial charge in [-0.3, -0.25) is 19.6 Å². The molecule has 1 aliphatic rings. The number of aromatic nitrogens is 3. The number of nitrogens with one attached hydrogen (secondary N) is 1. The molecule has 0 aliphatic carbocycles. The summed E-state index contributed by atoms with van der Waals surface area (Å²) in [7, 11) is 0. The van der Waals surface area contributed by atoms with Crippen molar-refractivity contribution in [2.45, 2.75) is 0 Å². The quantitative estimate of drug-likeness (QED) is 0.693. The third-order valence-electron chi connectivity index (χ3n) is 3.28. The van der Waals surface area contributed by atoms with Gasteiger partial charge in [-0.15, -0.1) is 0 Å². The SMILES string of the molecule is C=C(F)/C=C\C(=C)CN1C(=O)c2cnc3[nH]ncc3c2C1=O. The van der Waals surface area contributed by atoms with E-state index in [4.69, 9.17) is 0 Å². The Morgan fingerprint density at radius 2 is 2.05 bits per heavy atom. The fourth-order valence-corrected chi connectivity index (χ4v) is 2.27. The molecule has 0 aromatic carbocycles. The highest BCUT2D eigenvalue weighted by Crippen LogP contribution is 2.28. The Hall–Kier alpha value is -3.09. The Morgan fingerprint density at radius 1 is 1.27 bits per heavy atom. The molecule has 0 fully saturated rings. The van der Waals surface area contributed by atoms with Gasteiger partial charge in [0, 0.05) is 6.20 Å². The molecule has 0 radical (unpaired) electrons. The summed E-state index contributed by atoms with van der Waals surface area (Å²) < 4.78 is 12.6. The topological polar surface area (TPSA) is 79.0 Å². The molecule has 0 saturated heterocycles. The summed E-state index contributed by atoms with van der Waals surface area (Å²) in [5.74, 6) is -1.53. The molecular formula is C15H11FN4O2. The lowest BCUT2D eigenvalue weighted by Gasteiger charge is -2.13. The van der Waals surface area contributed by atoms with E-state index in [2.05, 4.69) is 28.3 Å². The van der Waals surface area contributed by atoms with Crippen LogP contribution in [0.3, 0.4) is 0 Å². The lowest BCUT2D eigenvalue weighted by Crippen LogP contribution is -2.31. The van der Waals surface area contributed by atoms with Crippen LogP contribution in [-0.2, 0) is 0 Å². The van der Waals surface area contributed by atoms with E-state index in [1.807, 2.05) is 0 Å². The number of hydrogen-bond acceptors (Lipinski definition) is 4. The van der Waals surface area contributed by atoms with E-state index < -0.39 is 17.6 Å². The van der Waals surface area contributed by atoms with Gasteiger partial charge in [-0.2, -0.15) is 5.10 Å². The molecule has 6 nitrogen and oxygen atoms in total. The first-order valence-corrected chi connectivity index (χ1v) is 6.37. The van der Waals surface area contributed by atoms with Crippen molar-refractivity contribution in [3.8, 4) is 0 Å². The first kappa shape index (κ1) is 13.9. The van der Waals surface area contributed by atoms with E-state index in [1.165, 1.54) is 18.5 Å². The third kappa shape index (κ3) is 2.12. The molecule has 0 atom stereocenters. The number of carbonyl (C=O) groups excluding carboxylic acids is 2. The van der Waals surface area contributed by atoms with Crippen LogP contribution in [0.2, 0.25) is 0 Å². The second-order valence-electron chi connectivity index (χ2n) is 4.81. The van der Waals surface area contributed by atoms with Crippen LogP contribution in [0.1, 0.15) is 20.7 Å². The number of fused-ring (bicyclic) bond motifs is 3. The first-order chi connectivity index (χ1) is 10.5. The summed E-state index contributed by atoms with van der Waals surface area (Å²) in [4.78, 5) is 29.9. The van der Waals surface area contributed by atoms with Crippen LogP contribution < -0.4 is 0 Å². The molecule has 110 valence electrons. The van der Waals surface area contributed by atoms with Gasteiger partial charge in [0.15, 0.2) is 5.65 Å². The summed E-state index contributed by atoms with van der Waals surface area (Å²) in [6.07, 6.45) is 5.30. The van der Waals surface area contributed by atoms with Crippen LogP contribution in [0.4, 0.5) is 4.39 Å². The molecule has 0 bridgehead atoms. The molecule has 0 unspecified atom stereocenters. The highest BCUT2D eigenvalue weighted by Gasteiger charge is 2.37. The van der Waals surface area contributed by atoms with Crippen molar-refractivity contribution in [2.75, 3.05) is 6.54 Å². The van der Waals surface area contributed by atoms with Gasteiger partial charge in [-0.05, 0) is 11.6 Å². The van der Waals surface area contributed by atoms with Crippen molar-refractivity contribution < 1.29 is 14.0 Å². The van der Waals surface area contributed by atoms with Gasteiger partial charge in [0.05, 0.1) is 29.3 Å². The maximum Gasteiger partial charge on any atom is 0.263 e. The van der Waals surface area contributed by atoms with E-state index in [1.54, 1.807) is 0 Å². The summed E-state index contributed by atoms with van der Waals surface area (Å²) in [6.45, 7) is 6.76. The van der Waals surface area contributed by atoms with Crippen LogP contribution in [0.15, 0.2) is 49.1 Å². The molecule has 2 amide bonds. The fraction of sp³-hybridized carbons (Fsp3) is 0.0667. The molecule has 0 saturated carbocycles.